The topological polar surface area (TPSA) is 62.4 Å². The summed E-state index contributed by atoms with van der Waals surface area (Å²) >= 11 is 0. The Labute approximate surface area is 147 Å². The highest BCUT2D eigenvalue weighted by molar-refractivity contribution is 5.18. The fraction of sp³-hybridized carbons (Fsp3) is 0.579. The normalized spacial score (nSPS) is 16.4. The lowest BCUT2D eigenvalue weighted by Crippen LogP contribution is -2.31. The summed E-state index contributed by atoms with van der Waals surface area (Å²) in [6.45, 7) is 6.01. The van der Waals surface area contributed by atoms with Gasteiger partial charge in [-0.25, -0.2) is 4.39 Å². The van der Waals surface area contributed by atoms with E-state index in [-0.39, 0.29) is 5.82 Å². The highest BCUT2D eigenvalue weighted by Crippen LogP contribution is 2.35. The molecule has 1 atom stereocenters. The first-order valence-corrected chi connectivity index (χ1v) is 8.99. The summed E-state index contributed by atoms with van der Waals surface area (Å²) in [5.41, 5.74) is 0.704. The summed E-state index contributed by atoms with van der Waals surface area (Å²) in [5.74, 6) is 1.89. The van der Waals surface area contributed by atoms with Crippen LogP contribution in [-0.2, 0) is 6.54 Å². The molecular weight excluding hydrogens is 321 g/mol. The van der Waals surface area contributed by atoms with E-state index in [9.17, 15) is 9.50 Å². The predicted octanol–water partition coefficient (Wildman–Crippen LogP) is 3.67. The lowest BCUT2D eigenvalue weighted by Gasteiger charge is -2.25. The van der Waals surface area contributed by atoms with Crippen LogP contribution >= 0.6 is 0 Å². The molecule has 2 aromatic rings. The van der Waals surface area contributed by atoms with E-state index in [0.717, 1.165) is 25.3 Å². The van der Waals surface area contributed by atoms with Crippen molar-refractivity contribution in [1.29, 1.82) is 0 Å². The third kappa shape index (κ3) is 4.86. The molecule has 0 aliphatic heterocycles. The highest BCUT2D eigenvalue weighted by Gasteiger charge is 2.26. The van der Waals surface area contributed by atoms with Crippen molar-refractivity contribution in [2.24, 2.45) is 5.92 Å². The van der Waals surface area contributed by atoms with Crippen molar-refractivity contribution in [3.05, 3.63) is 47.4 Å². The molecule has 1 saturated carbocycles. The van der Waals surface area contributed by atoms with Gasteiger partial charge in [-0.2, -0.15) is 0 Å². The SMILES string of the molecule is CC(C)CN(Cc1nnc(C2CCC2)o1)CC(O)c1ccc(F)cc1. The second-order valence-corrected chi connectivity index (χ2v) is 7.32. The van der Waals surface area contributed by atoms with Crippen molar-refractivity contribution in [3.63, 3.8) is 0 Å². The van der Waals surface area contributed by atoms with Crippen LogP contribution in [0.2, 0.25) is 0 Å². The fourth-order valence-corrected chi connectivity index (χ4v) is 3.10. The molecule has 25 heavy (non-hydrogen) atoms. The van der Waals surface area contributed by atoms with Gasteiger partial charge in [0.1, 0.15) is 5.82 Å². The molecule has 5 nitrogen and oxygen atoms in total. The predicted molar refractivity (Wildman–Crippen MR) is 92.4 cm³/mol. The second kappa shape index (κ2) is 8.06. The Kier molecular flexibility index (Phi) is 5.81. The van der Waals surface area contributed by atoms with Crippen LogP contribution in [0.4, 0.5) is 4.39 Å². The van der Waals surface area contributed by atoms with Crippen LogP contribution < -0.4 is 0 Å². The Morgan fingerprint density at radius 1 is 1.20 bits per heavy atom. The summed E-state index contributed by atoms with van der Waals surface area (Å²) in [7, 11) is 0. The maximum absolute atomic E-state index is 13.1. The molecule has 1 aromatic heterocycles. The van der Waals surface area contributed by atoms with Gasteiger partial charge in [0.15, 0.2) is 0 Å². The van der Waals surface area contributed by atoms with E-state index < -0.39 is 6.10 Å². The number of aliphatic hydroxyl groups is 1. The summed E-state index contributed by atoms with van der Waals surface area (Å²) in [6, 6.07) is 5.98. The molecule has 1 fully saturated rings. The highest BCUT2D eigenvalue weighted by atomic mass is 19.1. The number of nitrogens with zero attached hydrogens (tertiary/aromatic N) is 3. The van der Waals surface area contributed by atoms with Gasteiger partial charge in [0.05, 0.1) is 12.6 Å². The number of halogens is 1. The quantitative estimate of drug-likeness (QED) is 0.789. The first-order valence-electron chi connectivity index (χ1n) is 8.99. The molecule has 0 amide bonds. The van der Waals surface area contributed by atoms with Crippen molar-refractivity contribution in [2.45, 2.75) is 51.7 Å². The Morgan fingerprint density at radius 2 is 1.92 bits per heavy atom. The van der Waals surface area contributed by atoms with Crippen LogP contribution in [0.15, 0.2) is 28.7 Å². The monoisotopic (exact) mass is 347 g/mol. The molecule has 6 heteroatoms. The first-order chi connectivity index (χ1) is 12.0. The van der Waals surface area contributed by atoms with Crippen molar-refractivity contribution in [3.8, 4) is 0 Å². The number of rotatable bonds is 8. The lowest BCUT2D eigenvalue weighted by molar-refractivity contribution is 0.0956. The minimum absolute atomic E-state index is 0.302. The third-order valence-electron chi connectivity index (χ3n) is 4.61. The van der Waals surface area contributed by atoms with Crippen molar-refractivity contribution < 1.29 is 13.9 Å². The Hall–Kier alpha value is -1.79. The molecule has 1 aromatic carbocycles. The van der Waals surface area contributed by atoms with Gasteiger partial charge in [0, 0.05) is 19.0 Å². The van der Waals surface area contributed by atoms with E-state index >= 15 is 0 Å². The number of benzene rings is 1. The zero-order valence-electron chi connectivity index (χ0n) is 14.9. The van der Waals surface area contributed by atoms with Gasteiger partial charge in [0.2, 0.25) is 11.8 Å². The fourth-order valence-electron chi connectivity index (χ4n) is 3.10. The molecule has 0 bridgehead atoms. The van der Waals surface area contributed by atoms with Crippen molar-refractivity contribution in [1.82, 2.24) is 15.1 Å². The minimum Gasteiger partial charge on any atom is -0.424 e. The largest absolute Gasteiger partial charge is 0.424 e. The van der Waals surface area contributed by atoms with Crippen LogP contribution in [0.3, 0.4) is 0 Å². The maximum Gasteiger partial charge on any atom is 0.230 e. The average Bonchev–Trinajstić information content (AvgIpc) is 2.93. The van der Waals surface area contributed by atoms with Crippen LogP contribution in [0.5, 0.6) is 0 Å². The van der Waals surface area contributed by atoms with Gasteiger partial charge < -0.3 is 9.52 Å². The molecule has 1 heterocycles. The number of aromatic nitrogens is 2. The van der Waals surface area contributed by atoms with Crippen LogP contribution in [0.25, 0.3) is 0 Å². The second-order valence-electron chi connectivity index (χ2n) is 7.32. The van der Waals surface area contributed by atoms with Gasteiger partial charge in [-0.05, 0) is 36.5 Å². The summed E-state index contributed by atoms with van der Waals surface area (Å²) < 4.78 is 18.9. The van der Waals surface area contributed by atoms with E-state index in [2.05, 4.69) is 28.9 Å². The first kappa shape index (κ1) is 18.0. The van der Waals surface area contributed by atoms with Crippen LogP contribution in [-0.4, -0.2) is 33.3 Å². The lowest BCUT2D eigenvalue weighted by atomic mass is 9.85. The molecule has 0 saturated heterocycles. The number of aliphatic hydroxyl groups excluding tert-OH is 1. The van der Waals surface area contributed by atoms with Crippen molar-refractivity contribution in [2.75, 3.05) is 13.1 Å². The zero-order chi connectivity index (χ0) is 17.8. The molecular formula is C19H26FN3O2. The Balaban J connectivity index is 1.64. The van der Waals surface area contributed by atoms with Crippen LogP contribution in [0, 0.1) is 11.7 Å². The number of hydrogen-bond donors (Lipinski definition) is 1. The molecule has 0 radical (unpaired) electrons. The Bertz CT molecular complexity index is 668. The standard InChI is InChI=1S/C19H26FN3O2/c1-13(2)10-23(11-17(24)14-6-8-16(20)9-7-14)12-18-21-22-19(25-18)15-4-3-5-15/h6-9,13,15,17,24H,3-5,10-12H2,1-2H3. The Morgan fingerprint density at radius 3 is 2.52 bits per heavy atom. The average molecular weight is 347 g/mol. The minimum atomic E-state index is -0.687. The molecule has 1 aliphatic rings. The molecule has 136 valence electrons. The van der Waals surface area contributed by atoms with Crippen molar-refractivity contribution >= 4 is 0 Å². The van der Waals surface area contributed by atoms with E-state index in [1.807, 2.05) is 0 Å². The zero-order valence-corrected chi connectivity index (χ0v) is 14.9. The van der Waals surface area contributed by atoms with Gasteiger partial charge in [-0.15, -0.1) is 10.2 Å². The van der Waals surface area contributed by atoms with Crippen LogP contribution in [0.1, 0.15) is 62.5 Å². The van der Waals surface area contributed by atoms with Gasteiger partial charge in [-0.1, -0.05) is 32.4 Å². The maximum atomic E-state index is 13.1. The third-order valence-corrected chi connectivity index (χ3v) is 4.61. The summed E-state index contributed by atoms with van der Waals surface area (Å²) in [4.78, 5) is 2.11. The van der Waals surface area contributed by atoms with E-state index in [1.54, 1.807) is 12.1 Å². The molecule has 0 spiro atoms. The summed E-state index contributed by atoms with van der Waals surface area (Å²) in [5, 5.41) is 18.8. The van der Waals surface area contributed by atoms with Gasteiger partial charge >= 0.3 is 0 Å². The van der Waals surface area contributed by atoms with Gasteiger partial charge in [0.25, 0.3) is 0 Å². The van der Waals surface area contributed by atoms with Gasteiger partial charge in [-0.3, -0.25) is 4.90 Å². The molecule has 3 rings (SSSR count). The summed E-state index contributed by atoms with van der Waals surface area (Å²) in [6.07, 6.45) is 2.79. The van der Waals surface area contributed by atoms with E-state index in [1.165, 1.54) is 18.6 Å². The molecule has 1 aliphatic carbocycles. The smallest absolute Gasteiger partial charge is 0.230 e. The molecule has 1 N–H and O–H groups in total. The number of hydrogen-bond acceptors (Lipinski definition) is 5. The van der Waals surface area contributed by atoms with E-state index in [0.29, 0.717) is 36.4 Å². The molecule has 1 unspecified atom stereocenters. The van der Waals surface area contributed by atoms with E-state index in [4.69, 9.17) is 4.42 Å².